The summed E-state index contributed by atoms with van der Waals surface area (Å²) in [4.78, 5) is 29.8. The van der Waals surface area contributed by atoms with Gasteiger partial charge in [-0.3, -0.25) is 4.79 Å². The van der Waals surface area contributed by atoms with Crippen LogP contribution in [0.5, 0.6) is 0 Å². The Labute approximate surface area is 147 Å². The van der Waals surface area contributed by atoms with Gasteiger partial charge in [0, 0.05) is 25.5 Å². The predicted octanol–water partition coefficient (Wildman–Crippen LogP) is 3.48. The lowest BCUT2D eigenvalue weighted by Crippen LogP contribution is -2.27. The quantitative estimate of drug-likeness (QED) is 0.781. The Morgan fingerprint density at radius 1 is 1.20 bits per heavy atom. The molecule has 1 aromatic heterocycles. The second kappa shape index (κ2) is 8.82. The fourth-order valence-corrected chi connectivity index (χ4v) is 2.30. The standard InChI is InChI=1S/C19H23N3O3/c1-4-5-11-22(2)18(23)15-9-10-17(20-13-15)21-16-8-6-7-14(12-16)19(24)25-3/h6-10,12-13H,4-5,11H2,1-3H3,(H,20,21). The normalized spacial score (nSPS) is 10.2. The van der Waals surface area contributed by atoms with E-state index in [9.17, 15) is 9.59 Å². The van der Waals surface area contributed by atoms with E-state index >= 15 is 0 Å². The molecule has 1 heterocycles. The Hall–Kier alpha value is -2.89. The Balaban J connectivity index is 2.05. The Bertz CT molecular complexity index is 729. The lowest BCUT2D eigenvalue weighted by atomic mass is 10.2. The number of methoxy groups -OCH3 is 1. The van der Waals surface area contributed by atoms with Crippen LogP contribution in [-0.4, -0.2) is 42.5 Å². The van der Waals surface area contributed by atoms with Crippen molar-refractivity contribution in [3.63, 3.8) is 0 Å². The van der Waals surface area contributed by atoms with E-state index in [0.717, 1.165) is 25.1 Å². The maximum atomic E-state index is 12.3. The largest absolute Gasteiger partial charge is 0.465 e. The first-order valence-corrected chi connectivity index (χ1v) is 8.22. The van der Waals surface area contributed by atoms with Crippen LogP contribution in [0.2, 0.25) is 0 Å². The van der Waals surface area contributed by atoms with E-state index in [4.69, 9.17) is 4.74 Å². The Morgan fingerprint density at radius 3 is 2.64 bits per heavy atom. The number of carbonyl (C=O) groups excluding carboxylic acids is 2. The van der Waals surface area contributed by atoms with Gasteiger partial charge in [0.25, 0.3) is 5.91 Å². The molecule has 132 valence electrons. The molecule has 0 atom stereocenters. The van der Waals surface area contributed by atoms with Gasteiger partial charge in [-0.15, -0.1) is 0 Å². The van der Waals surface area contributed by atoms with Crippen molar-refractivity contribution in [1.82, 2.24) is 9.88 Å². The second-order valence-electron chi connectivity index (χ2n) is 5.71. The van der Waals surface area contributed by atoms with E-state index in [0.29, 0.717) is 16.9 Å². The van der Waals surface area contributed by atoms with Crippen molar-refractivity contribution in [2.45, 2.75) is 19.8 Å². The third kappa shape index (κ3) is 5.04. The average molecular weight is 341 g/mol. The third-order valence-electron chi connectivity index (χ3n) is 3.76. The molecule has 6 nitrogen and oxygen atoms in total. The zero-order valence-corrected chi connectivity index (χ0v) is 14.8. The number of amides is 1. The van der Waals surface area contributed by atoms with Crippen LogP contribution >= 0.6 is 0 Å². The number of hydrogen-bond acceptors (Lipinski definition) is 5. The molecule has 0 unspecified atom stereocenters. The van der Waals surface area contributed by atoms with Crippen molar-refractivity contribution in [3.8, 4) is 0 Å². The van der Waals surface area contributed by atoms with Gasteiger partial charge in [-0.05, 0) is 36.8 Å². The molecular weight excluding hydrogens is 318 g/mol. The molecule has 0 aliphatic rings. The summed E-state index contributed by atoms with van der Waals surface area (Å²) in [6, 6.07) is 10.4. The van der Waals surface area contributed by atoms with Crippen LogP contribution in [0.1, 0.15) is 40.5 Å². The highest BCUT2D eigenvalue weighted by molar-refractivity contribution is 5.94. The van der Waals surface area contributed by atoms with Crippen molar-refractivity contribution in [2.24, 2.45) is 0 Å². The molecule has 0 radical (unpaired) electrons. The van der Waals surface area contributed by atoms with Crippen molar-refractivity contribution >= 4 is 23.4 Å². The molecule has 1 aromatic carbocycles. The number of anilines is 2. The summed E-state index contributed by atoms with van der Waals surface area (Å²) in [5, 5.41) is 3.11. The molecule has 1 N–H and O–H groups in total. The fraction of sp³-hybridized carbons (Fsp3) is 0.316. The number of rotatable bonds is 7. The lowest BCUT2D eigenvalue weighted by molar-refractivity contribution is 0.0600. The molecule has 0 spiro atoms. The monoisotopic (exact) mass is 341 g/mol. The summed E-state index contributed by atoms with van der Waals surface area (Å²) in [6.07, 6.45) is 3.58. The number of hydrogen-bond donors (Lipinski definition) is 1. The minimum absolute atomic E-state index is 0.0415. The molecule has 1 amide bonds. The maximum absolute atomic E-state index is 12.3. The molecule has 0 fully saturated rings. The molecule has 0 saturated heterocycles. The van der Waals surface area contributed by atoms with Crippen LogP contribution in [0.15, 0.2) is 42.6 Å². The maximum Gasteiger partial charge on any atom is 0.337 e. The van der Waals surface area contributed by atoms with Crippen molar-refractivity contribution < 1.29 is 14.3 Å². The molecule has 25 heavy (non-hydrogen) atoms. The van der Waals surface area contributed by atoms with Gasteiger partial charge >= 0.3 is 5.97 Å². The van der Waals surface area contributed by atoms with E-state index in [1.807, 2.05) is 6.07 Å². The van der Waals surface area contributed by atoms with Gasteiger partial charge in [0.2, 0.25) is 0 Å². The topological polar surface area (TPSA) is 71.5 Å². The summed E-state index contributed by atoms with van der Waals surface area (Å²) in [5.74, 6) is 0.155. The number of unbranched alkanes of at least 4 members (excludes halogenated alkanes) is 1. The molecule has 0 saturated carbocycles. The summed E-state index contributed by atoms with van der Waals surface area (Å²) >= 11 is 0. The molecule has 2 aromatic rings. The van der Waals surface area contributed by atoms with Gasteiger partial charge < -0.3 is 15.0 Å². The highest BCUT2D eigenvalue weighted by atomic mass is 16.5. The van der Waals surface area contributed by atoms with Gasteiger partial charge in [0.1, 0.15) is 5.82 Å². The smallest absolute Gasteiger partial charge is 0.337 e. The van der Waals surface area contributed by atoms with Crippen LogP contribution < -0.4 is 5.32 Å². The zero-order valence-electron chi connectivity index (χ0n) is 14.8. The first-order chi connectivity index (χ1) is 12.0. The minimum atomic E-state index is -0.396. The molecule has 6 heteroatoms. The van der Waals surface area contributed by atoms with Crippen LogP contribution in [0, 0.1) is 0 Å². The minimum Gasteiger partial charge on any atom is -0.465 e. The molecule has 0 aliphatic heterocycles. The van der Waals surface area contributed by atoms with Gasteiger partial charge in [-0.1, -0.05) is 19.4 Å². The fourth-order valence-electron chi connectivity index (χ4n) is 2.30. The lowest BCUT2D eigenvalue weighted by Gasteiger charge is -2.16. The van der Waals surface area contributed by atoms with E-state index < -0.39 is 5.97 Å². The van der Waals surface area contributed by atoms with E-state index in [1.165, 1.54) is 7.11 Å². The third-order valence-corrected chi connectivity index (χ3v) is 3.76. The summed E-state index contributed by atoms with van der Waals surface area (Å²) in [5.41, 5.74) is 1.72. The molecule has 0 aliphatic carbocycles. The van der Waals surface area contributed by atoms with Crippen LogP contribution in [0.25, 0.3) is 0 Å². The van der Waals surface area contributed by atoms with Crippen molar-refractivity contribution in [2.75, 3.05) is 26.0 Å². The Morgan fingerprint density at radius 2 is 2.00 bits per heavy atom. The van der Waals surface area contributed by atoms with Crippen LogP contribution in [0.4, 0.5) is 11.5 Å². The average Bonchev–Trinajstić information content (AvgIpc) is 2.65. The highest BCUT2D eigenvalue weighted by Gasteiger charge is 2.12. The van der Waals surface area contributed by atoms with Gasteiger partial charge in [0.15, 0.2) is 0 Å². The van der Waals surface area contributed by atoms with Gasteiger partial charge in [-0.25, -0.2) is 9.78 Å². The number of esters is 1. The Kier molecular flexibility index (Phi) is 6.51. The number of carbonyl (C=O) groups is 2. The molecule has 2 rings (SSSR count). The molecular formula is C19H23N3O3. The predicted molar refractivity (Wildman–Crippen MR) is 97.2 cm³/mol. The number of nitrogens with zero attached hydrogens (tertiary/aromatic N) is 2. The van der Waals surface area contributed by atoms with Gasteiger partial charge in [0.05, 0.1) is 18.2 Å². The summed E-state index contributed by atoms with van der Waals surface area (Å²) in [6.45, 7) is 2.82. The number of ether oxygens (including phenoxy) is 1. The molecule has 0 bridgehead atoms. The summed E-state index contributed by atoms with van der Waals surface area (Å²) in [7, 11) is 3.14. The first-order valence-electron chi connectivity index (χ1n) is 8.22. The van der Waals surface area contributed by atoms with E-state index in [2.05, 4.69) is 17.2 Å². The number of aromatic nitrogens is 1. The number of benzene rings is 1. The SMILES string of the molecule is CCCCN(C)C(=O)c1ccc(Nc2cccc(C(=O)OC)c2)nc1. The zero-order chi connectivity index (χ0) is 18.2. The first kappa shape index (κ1) is 18.4. The summed E-state index contributed by atoms with van der Waals surface area (Å²) < 4.78 is 4.71. The second-order valence-corrected chi connectivity index (χ2v) is 5.71. The van der Waals surface area contributed by atoms with Crippen molar-refractivity contribution in [3.05, 3.63) is 53.7 Å². The van der Waals surface area contributed by atoms with Crippen molar-refractivity contribution in [1.29, 1.82) is 0 Å². The van der Waals surface area contributed by atoms with Crippen LogP contribution in [0.3, 0.4) is 0 Å². The number of pyridine rings is 1. The number of nitrogens with one attached hydrogen (secondary N) is 1. The van der Waals surface area contributed by atoms with E-state index in [1.54, 1.807) is 48.5 Å². The van der Waals surface area contributed by atoms with Gasteiger partial charge in [-0.2, -0.15) is 0 Å². The highest BCUT2D eigenvalue weighted by Crippen LogP contribution is 2.17. The van der Waals surface area contributed by atoms with Crippen LogP contribution in [-0.2, 0) is 4.74 Å². The van der Waals surface area contributed by atoms with E-state index in [-0.39, 0.29) is 5.91 Å².